The van der Waals surface area contributed by atoms with Gasteiger partial charge in [0.05, 0.1) is 24.5 Å². The SMILES string of the molecule is CC(=O)NCC1CN(c2ccc(N3CCC4CC(CS4)C3)c(F)c2)C(=O)O1. The fourth-order valence-corrected chi connectivity index (χ4v) is 5.51. The van der Waals surface area contributed by atoms with E-state index in [0.29, 0.717) is 29.1 Å². The number of nitrogens with one attached hydrogen (secondary N) is 1. The van der Waals surface area contributed by atoms with Gasteiger partial charge in [-0.1, -0.05) is 0 Å². The van der Waals surface area contributed by atoms with Gasteiger partial charge in [0.25, 0.3) is 0 Å². The summed E-state index contributed by atoms with van der Waals surface area (Å²) in [5.41, 5.74) is 1.09. The lowest BCUT2D eigenvalue weighted by Crippen LogP contribution is -2.33. The molecule has 0 aliphatic carbocycles. The molecule has 146 valence electrons. The van der Waals surface area contributed by atoms with Gasteiger partial charge in [0.15, 0.2) is 0 Å². The van der Waals surface area contributed by atoms with Crippen LogP contribution in [0, 0.1) is 11.7 Å². The molecule has 2 amide bonds. The second kappa shape index (κ2) is 7.58. The zero-order chi connectivity index (χ0) is 19.0. The molecule has 1 aromatic rings. The number of carbonyl (C=O) groups excluding carboxylic acids is 2. The van der Waals surface area contributed by atoms with Crippen molar-refractivity contribution in [2.24, 2.45) is 5.92 Å². The van der Waals surface area contributed by atoms with Gasteiger partial charge in [0.1, 0.15) is 11.9 Å². The van der Waals surface area contributed by atoms with Gasteiger partial charge in [-0.3, -0.25) is 9.69 Å². The smallest absolute Gasteiger partial charge is 0.414 e. The number of nitrogens with zero attached hydrogens (tertiary/aromatic N) is 2. The Kier molecular flexibility index (Phi) is 5.16. The largest absolute Gasteiger partial charge is 0.442 e. The van der Waals surface area contributed by atoms with Crippen molar-refractivity contribution in [1.29, 1.82) is 0 Å². The summed E-state index contributed by atoms with van der Waals surface area (Å²) >= 11 is 2.05. The number of benzene rings is 1. The Morgan fingerprint density at radius 2 is 2.26 bits per heavy atom. The first-order valence-electron chi connectivity index (χ1n) is 9.38. The van der Waals surface area contributed by atoms with Crippen LogP contribution in [0.5, 0.6) is 0 Å². The molecule has 1 N–H and O–H groups in total. The Labute approximate surface area is 162 Å². The lowest BCUT2D eigenvalue weighted by atomic mass is 10.1. The molecule has 0 radical (unpaired) electrons. The van der Waals surface area contributed by atoms with Crippen molar-refractivity contribution in [2.45, 2.75) is 31.1 Å². The number of carbonyl (C=O) groups is 2. The summed E-state index contributed by atoms with van der Waals surface area (Å²) < 4.78 is 20.1. The Bertz CT molecular complexity index is 747. The molecule has 8 heteroatoms. The zero-order valence-electron chi connectivity index (χ0n) is 15.3. The van der Waals surface area contributed by atoms with E-state index < -0.39 is 12.2 Å². The molecule has 0 spiro atoms. The van der Waals surface area contributed by atoms with Gasteiger partial charge in [0, 0.05) is 25.3 Å². The van der Waals surface area contributed by atoms with E-state index in [2.05, 4.69) is 10.2 Å². The van der Waals surface area contributed by atoms with E-state index in [1.807, 2.05) is 11.8 Å². The summed E-state index contributed by atoms with van der Waals surface area (Å²) in [4.78, 5) is 26.7. The first-order chi connectivity index (χ1) is 13.0. The van der Waals surface area contributed by atoms with Crippen molar-refractivity contribution in [1.82, 2.24) is 5.32 Å². The fraction of sp³-hybridized carbons (Fsp3) is 0.579. The van der Waals surface area contributed by atoms with Crippen LogP contribution in [0.3, 0.4) is 0 Å². The molecule has 0 saturated carbocycles. The molecule has 3 fully saturated rings. The number of ether oxygens (including phenoxy) is 1. The maximum absolute atomic E-state index is 14.9. The van der Waals surface area contributed by atoms with Crippen LogP contribution in [0.15, 0.2) is 18.2 Å². The second-order valence-corrected chi connectivity index (χ2v) is 8.81. The number of hydrogen-bond acceptors (Lipinski definition) is 5. The van der Waals surface area contributed by atoms with Crippen LogP contribution in [-0.2, 0) is 9.53 Å². The first kappa shape index (κ1) is 18.4. The zero-order valence-corrected chi connectivity index (χ0v) is 16.1. The number of anilines is 2. The summed E-state index contributed by atoms with van der Waals surface area (Å²) in [6.07, 6.45) is 1.38. The average molecular weight is 393 g/mol. The molecule has 3 unspecified atom stereocenters. The highest BCUT2D eigenvalue weighted by Crippen LogP contribution is 2.38. The minimum atomic E-state index is -0.512. The molecule has 2 bridgehead atoms. The molecule has 0 aromatic heterocycles. The van der Waals surface area contributed by atoms with Gasteiger partial charge in [-0.15, -0.1) is 0 Å². The number of fused-ring (bicyclic) bond motifs is 2. The van der Waals surface area contributed by atoms with Gasteiger partial charge in [-0.25, -0.2) is 9.18 Å². The normalized spacial score (nSPS) is 27.5. The molecule has 1 aromatic carbocycles. The Balaban J connectivity index is 1.45. The van der Waals surface area contributed by atoms with Gasteiger partial charge in [-0.05, 0) is 42.7 Å². The summed E-state index contributed by atoms with van der Waals surface area (Å²) in [5.74, 6) is 1.31. The third-order valence-electron chi connectivity index (χ3n) is 5.40. The van der Waals surface area contributed by atoms with Gasteiger partial charge >= 0.3 is 6.09 Å². The van der Waals surface area contributed by atoms with Crippen LogP contribution in [0.2, 0.25) is 0 Å². The highest BCUT2D eigenvalue weighted by atomic mass is 32.2. The van der Waals surface area contributed by atoms with Crippen molar-refractivity contribution >= 4 is 35.1 Å². The predicted octanol–water partition coefficient (Wildman–Crippen LogP) is 2.62. The summed E-state index contributed by atoms with van der Waals surface area (Å²) in [6, 6.07) is 4.96. The van der Waals surface area contributed by atoms with Crippen LogP contribution < -0.4 is 15.1 Å². The molecule has 3 atom stereocenters. The molecule has 3 aliphatic rings. The molecule has 3 heterocycles. The molecule has 27 heavy (non-hydrogen) atoms. The summed E-state index contributed by atoms with van der Waals surface area (Å²) in [5, 5.41) is 3.35. The van der Waals surface area contributed by atoms with Crippen LogP contribution in [0.4, 0.5) is 20.6 Å². The van der Waals surface area contributed by atoms with Crippen molar-refractivity contribution < 1.29 is 18.7 Å². The monoisotopic (exact) mass is 393 g/mol. The van der Waals surface area contributed by atoms with Gasteiger partial charge in [0.2, 0.25) is 5.91 Å². The van der Waals surface area contributed by atoms with E-state index in [1.54, 1.807) is 12.1 Å². The number of rotatable bonds is 4. The van der Waals surface area contributed by atoms with E-state index in [0.717, 1.165) is 25.3 Å². The van der Waals surface area contributed by atoms with Crippen molar-refractivity contribution in [3.63, 3.8) is 0 Å². The molecule has 3 saturated heterocycles. The van der Waals surface area contributed by atoms with E-state index >= 15 is 0 Å². The van der Waals surface area contributed by atoms with Crippen molar-refractivity contribution in [3.05, 3.63) is 24.0 Å². The number of amides is 2. The standard InChI is InChI=1S/C19H24FN3O3S/c1-12(24)21-8-15-10-23(19(25)26-15)14-2-3-18(17(20)7-14)22-5-4-16-6-13(9-22)11-27-16/h2-3,7,13,15-16H,4-6,8-11H2,1H3,(H,21,24). The number of cyclic esters (lactones) is 1. The number of hydrogen-bond donors (Lipinski definition) is 1. The topological polar surface area (TPSA) is 61.9 Å². The molecular weight excluding hydrogens is 369 g/mol. The van der Waals surface area contributed by atoms with E-state index in [-0.39, 0.29) is 18.3 Å². The maximum atomic E-state index is 14.9. The van der Waals surface area contributed by atoms with E-state index in [9.17, 15) is 14.0 Å². The summed E-state index contributed by atoms with van der Waals surface area (Å²) in [6.45, 7) is 3.73. The molecule has 4 rings (SSSR count). The predicted molar refractivity (Wildman–Crippen MR) is 104 cm³/mol. The minimum Gasteiger partial charge on any atom is -0.442 e. The lowest BCUT2D eigenvalue weighted by molar-refractivity contribution is -0.119. The Morgan fingerprint density at radius 1 is 1.41 bits per heavy atom. The fourth-order valence-electron chi connectivity index (χ4n) is 4.05. The Morgan fingerprint density at radius 3 is 3.04 bits per heavy atom. The highest BCUT2D eigenvalue weighted by molar-refractivity contribution is 8.00. The van der Waals surface area contributed by atoms with E-state index in [1.165, 1.54) is 24.3 Å². The van der Waals surface area contributed by atoms with Crippen LogP contribution in [0.25, 0.3) is 0 Å². The summed E-state index contributed by atoms with van der Waals surface area (Å²) in [7, 11) is 0. The lowest BCUT2D eigenvalue weighted by Gasteiger charge is -2.27. The average Bonchev–Trinajstić information content (AvgIpc) is 3.15. The van der Waals surface area contributed by atoms with Gasteiger partial charge in [-0.2, -0.15) is 11.8 Å². The van der Waals surface area contributed by atoms with Crippen LogP contribution >= 0.6 is 11.8 Å². The van der Waals surface area contributed by atoms with E-state index in [4.69, 9.17) is 4.74 Å². The van der Waals surface area contributed by atoms with Crippen LogP contribution in [-0.4, -0.2) is 55.3 Å². The third-order valence-corrected chi connectivity index (χ3v) is 6.96. The van der Waals surface area contributed by atoms with Crippen LogP contribution in [0.1, 0.15) is 19.8 Å². The van der Waals surface area contributed by atoms with Crippen molar-refractivity contribution in [2.75, 3.05) is 41.7 Å². The molecule has 6 nitrogen and oxygen atoms in total. The quantitative estimate of drug-likeness (QED) is 0.852. The molecular formula is C19H24FN3O3S. The maximum Gasteiger partial charge on any atom is 0.414 e. The van der Waals surface area contributed by atoms with Gasteiger partial charge < -0.3 is 15.0 Å². The number of halogens is 1. The minimum absolute atomic E-state index is 0.176. The molecule has 3 aliphatic heterocycles. The highest BCUT2D eigenvalue weighted by Gasteiger charge is 2.34. The third kappa shape index (κ3) is 4.00. The Hall–Kier alpha value is -1.96. The second-order valence-electron chi connectivity index (χ2n) is 7.48. The number of thioether (sulfide) groups is 1. The van der Waals surface area contributed by atoms with Crippen molar-refractivity contribution in [3.8, 4) is 0 Å². The first-order valence-corrected chi connectivity index (χ1v) is 10.4.